The molecule has 0 aliphatic heterocycles. The van der Waals surface area contributed by atoms with Gasteiger partial charge in [-0.15, -0.1) is 11.3 Å². The molecular weight excluding hydrogens is 225 g/mol. The van der Waals surface area contributed by atoms with Gasteiger partial charge < -0.3 is 5.11 Å². The maximum atomic E-state index is 12.8. The summed E-state index contributed by atoms with van der Waals surface area (Å²) in [7, 11) is 0. The van der Waals surface area contributed by atoms with Crippen LogP contribution in [0.4, 0.5) is 4.39 Å². The molecule has 4 heteroatoms. The summed E-state index contributed by atoms with van der Waals surface area (Å²) in [6, 6.07) is 6.58. The van der Waals surface area contributed by atoms with Crippen LogP contribution in [0.15, 0.2) is 35.8 Å². The predicted octanol–water partition coefficient (Wildman–Crippen LogP) is 2.93. The van der Waals surface area contributed by atoms with Crippen molar-refractivity contribution < 1.29 is 9.50 Å². The fraction of sp³-hybridized carbons (Fsp3) is 0.250. The SMILES string of the molecule is CCC(O)(c1ccc(F)cn1)c1cccs1. The van der Waals surface area contributed by atoms with Crippen LogP contribution in [-0.2, 0) is 5.60 Å². The highest BCUT2D eigenvalue weighted by Crippen LogP contribution is 2.34. The molecule has 0 amide bonds. The molecule has 2 heterocycles. The van der Waals surface area contributed by atoms with Crippen molar-refractivity contribution in [1.29, 1.82) is 0 Å². The topological polar surface area (TPSA) is 33.1 Å². The lowest BCUT2D eigenvalue weighted by Gasteiger charge is -2.24. The van der Waals surface area contributed by atoms with Crippen LogP contribution in [0.5, 0.6) is 0 Å². The number of aromatic nitrogens is 1. The van der Waals surface area contributed by atoms with Gasteiger partial charge in [0.15, 0.2) is 0 Å². The molecule has 0 radical (unpaired) electrons. The Morgan fingerprint density at radius 2 is 2.25 bits per heavy atom. The number of hydrogen-bond acceptors (Lipinski definition) is 3. The molecule has 0 spiro atoms. The average Bonchev–Trinajstić information content (AvgIpc) is 2.83. The van der Waals surface area contributed by atoms with Crippen LogP contribution in [0.25, 0.3) is 0 Å². The van der Waals surface area contributed by atoms with Crippen LogP contribution in [-0.4, -0.2) is 10.1 Å². The molecule has 0 saturated heterocycles. The van der Waals surface area contributed by atoms with Crippen LogP contribution in [0.2, 0.25) is 0 Å². The molecule has 1 atom stereocenters. The van der Waals surface area contributed by atoms with Crippen LogP contribution < -0.4 is 0 Å². The maximum absolute atomic E-state index is 12.8. The lowest BCUT2D eigenvalue weighted by Crippen LogP contribution is -2.26. The zero-order chi connectivity index (χ0) is 11.6. The molecule has 16 heavy (non-hydrogen) atoms. The third kappa shape index (κ3) is 1.86. The average molecular weight is 237 g/mol. The van der Waals surface area contributed by atoms with Gasteiger partial charge in [-0.1, -0.05) is 13.0 Å². The minimum Gasteiger partial charge on any atom is -0.378 e. The zero-order valence-corrected chi connectivity index (χ0v) is 9.67. The van der Waals surface area contributed by atoms with Crippen LogP contribution in [0, 0.1) is 5.82 Å². The highest BCUT2D eigenvalue weighted by atomic mass is 32.1. The summed E-state index contributed by atoms with van der Waals surface area (Å²) < 4.78 is 12.8. The number of nitrogens with zero attached hydrogens (tertiary/aromatic N) is 1. The van der Waals surface area contributed by atoms with E-state index in [0.29, 0.717) is 12.1 Å². The Labute approximate surface area is 97.4 Å². The second kappa shape index (κ2) is 4.31. The third-order valence-corrected chi connectivity index (χ3v) is 3.61. The van der Waals surface area contributed by atoms with Gasteiger partial charge in [0.1, 0.15) is 11.4 Å². The Morgan fingerprint density at radius 1 is 1.44 bits per heavy atom. The third-order valence-electron chi connectivity index (χ3n) is 2.59. The van der Waals surface area contributed by atoms with Gasteiger partial charge in [-0.2, -0.15) is 0 Å². The van der Waals surface area contributed by atoms with Gasteiger partial charge in [-0.25, -0.2) is 4.39 Å². The standard InChI is InChI=1S/C12H12FNOS/c1-2-12(15,11-4-3-7-16-11)10-6-5-9(13)8-14-10/h3-8,15H,2H2,1H3. The molecule has 0 bridgehead atoms. The molecule has 2 aromatic heterocycles. The molecule has 0 fully saturated rings. The van der Waals surface area contributed by atoms with E-state index in [2.05, 4.69) is 4.98 Å². The highest BCUT2D eigenvalue weighted by Gasteiger charge is 2.31. The van der Waals surface area contributed by atoms with Gasteiger partial charge >= 0.3 is 0 Å². The van der Waals surface area contributed by atoms with Gasteiger partial charge in [0, 0.05) is 4.88 Å². The van der Waals surface area contributed by atoms with Crippen molar-refractivity contribution in [2.75, 3.05) is 0 Å². The number of hydrogen-bond donors (Lipinski definition) is 1. The lowest BCUT2D eigenvalue weighted by molar-refractivity contribution is 0.0756. The van der Waals surface area contributed by atoms with Crippen LogP contribution in [0.1, 0.15) is 23.9 Å². The van der Waals surface area contributed by atoms with Gasteiger partial charge in [-0.05, 0) is 30.0 Å². The Morgan fingerprint density at radius 3 is 2.75 bits per heavy atom. The predicted molar refractivity (Wildman–Crippen MR) is 61.8 cm³/mol. The fourth-order valence-corrected chi connectivity index (χ4v) is 2.52. The van der Waals surface area contributed by atoms with Gasteiger partial charge in [0.2, 0.25) is 0 Å². The normalized spacial score (nSPS) is 14.7. The molecule has 2 aromatic rings. The smallest absolute Gasteiger partial charge is 0.141 e. The van der Waals surface area contributed by atoms with E-state index in [1.54, 1.807) is 0 Å². The molecule has 2 nitrogen and oxygen atoms in total. The van der Waals surface area contributed by atoms with Crippen molar-refractivity contribution in [1.82, 2.24) is 4.98 Å². The summed E-state index contributed by atoms with van der Waals surface area (Å²) in [6.45, 7) is 1.88. The number of rotatable bonds is 3. The number of aliphatic hydroxyl groups is 1. The van der Waals surface area contributed by atoms with Gasteiger partial charge in [-0.3, -0.25) is 4.98 Å². The van der Waals surface area contributed by atoms with E-state index < -0.39 is 11.4 Å². The lowest BCUT2D eigenvalue weighted by atomic mass is 9.94. The summed E-state index contributed by atoms with van der Waals surface area (Å²) in [5, 5.41) is 12.5. The van der Waals surface area contributed by atoms with Crippen molar-refractivity contribution in [3.05, 3.63) is 52.2 Å². The summed E-state index contributed by atoms with van der Waals surface area (Å²) in [4.78, 5) is 4.79. The largest absolute Gasteiger partial charge is 0.378 e. The Balaban J connectivity index is 2.46. The number of pyridine rings is 1. The number of thiophene rings is 1. The van der Waals surface area contributed by atoms with Gasteiger partial charge in [0.25, 0.3) is 0 Å². The molecule has 1 unspecified atom stereocenters. The first-order chi connectivity index (χ1) is 7.66. The first kappa shape index (κ1) is 11.2. The quantitative estimate of drug-likeness (QED) is 0.890. The molecule has 1 N–H and O–H groups in total. The number of halogens is 1. The highest BCUT2D eigenvalue weighted by molar-refractivity contribution is 7.10. The Kier molecular flexibility index (Phi) is 3.03. The molecule has 0 aliphatic carbocycles. The Hall–Kier alpha value is -1.26. The minimum absolute atomic E-state index is 0.395. The summed E-state index contributed by atoms with van der Waals surface area (Å²) in [5.74, 6) is -0.395. The van der Waals surface area contributed by atoms with Gasteiger partial charge in [0.05, 0.1) is 11.9 Å². The molecule has 2 rings (SSSR count). The minimum atomic E-state index is -1.11. The second-order valence-corrected chi connectivity index (χ2v) is 4.50. The zero-order valence-electron chi connectivity index (χ0n) is 8.85. The Bertz CT molecular complexity index is 454. The first-order valence-electron chi connectivity index (χ1n) is 5.05. The van der Waals surface area contributed by atoms with E-state index >= 15 is 0 Å². The van der Waals surface area contributed by atoms with E-state index in [0.717, 1.165) is 11.1 Å². The summed E-state index contributed by atoms with van der Waals surface area (Å²) >= 11 is 1.47. The second-order valence-electron chi connectivity index (χ2n) is 3.55. The van der Waals surface area contributed by atoms with Crippen molar-refractivity contribution in [2.45, 2.75) is 18.9 Å². The van der Waals surface area contributed by atoms with Crippen LogP contribution >= 0.6 is 11.3 Å². The summed E-state index contributed by atoms with van der Waals surface area (Å²) in [6.07, 6.45) is 1.63. The molecule has 84 valence electrons. The first-order valence-corrected chi connectivity index (χ1v) is 5.93. The molecule has 0 saturated carbocycles. The van der Waals surface area contributed by atoms with E-state index in [9.17, 15) is 9.50 Å². The van der Waals surface area contributed by atoms with Crippen molar-refractivity contribution in [3.8, 4) is 0 Å². The maximum Gasteiger partial charge on any atom is 0.141 e. The fourth-order valence-electron chi connectivity index (χ4n) is 1.62. The van der Waals surface area contributed by atoms with E-state index in [1.165, 1.54) is 23.5 Å². The van der Waals surface area contributed by atoms with Crippen LogP contribution in [0.3, 0.4) is 0 Å². The molecular formula is C12H12FNOS. The van der Waals surface area contributed by atoms with Crippen molar-refractivity contribution in [3.63, 3.8) is 0 Å². The van der Waals surface area contributed by atoms with E-state index in [1.807, 2.05) is 24.4 Å². The summed E-state index contributed by atoms with van der Waals surface area (Å²) in [5.41, 5.74) is -0.624. The van der Waals surface area contributed by atoms with E-state index in [4.69, 9.17) is 0 Å². The molecule has 0 aliphatic rings. The monoisotopic (exact) mass is 237 g/mol. The van der Waals surface area contributed by atoms with Crippen molar-refractivity contribution >= 4 is 11.3 Å². The van der Waals surface area contributed by atoms with E-state index in [-0.39, 0.29) is 0 Å². The molecule has 0 aromatic carbocycles. The van der Waals surface area contributed by atoms with Crippen molar-refractivity contribution in [2.24, 2.45) is 0 Å².